The van der Waals surface area contributed by atoms with Crippen molar-refractivity contribution in [3.05, 3.63) is 12.3 Å². The lowest BCUT2D eigenvalue weighted by molar-refractivity contribution is -0.138. The molecule has 0 aromatic rings. The molecule has 44 valence electrons. The number of hydrogen-bond donors (Lipinski definition) is 2. The topological polar surface area (TPSA) is 49.3 Å². The van der Waals surface area contributed by atoms with Gasteiger partial charge < -0.3 is 10.4 Å². The monoisotopic (exact) mass is 113 g/mol. The third-order valence-corrected chi connectivity index (χ3v) is 1.09. The van der Waals surface area contributed by atoms with Crippen LogP contribution < -0.4 is 5.32 Å². The summed E-state index contributed by atoms with van der Waals surface area (Å²) >= 11 is 0. The summed E-state index contributed by atoms with van der Waals surface area (Å²) < 4.78 is 0. The van der Waals surface area contributed by atoms with E-state index in [2.05, 4.69) is 5.32 Å². The third-order valence-electron chi connectivity index (χ3n) is 1.09. The van der Waals surface area contributed by atoms with E-state index in [4.69, 9.17) is 5.11 Å². The van der Waals surface area contributed by atoms with Crippen LogP contribution in [-0.4, -0.2) is 17.1 Å². The van der Waals surface area contributed by atoms with Crippen LogP contribution in [0, 0.1) is 0 Å². The van der Waals surface area contributed by atoms with E-state index in [9.17, 15) is 4.79 Å². The lowest BCUT2D eigenvalue weighted by atomic mass is 10.2. The van der Waals surface area contributed by atoms with Crippen LogP contribution in [0.5, 0.6) is 0 Å². The minimum Gasteiger partial charge on any atom is -0.480 e. The second-order valence-corrected chi connectivity index (χ2v) is 1.70. The molecular formula is C5H7NO2. The van der Waals surface area contributed by atoms with Crippen LogP contribution in [0.2, 0.25) is 0 Å². The molecule has 0 aromatic heterocycles. The van der Waals surface area contributed by atoms with E-state index in [-0.39, 0.29) is 6.04 Å². The third kappa shape index (κ3) is 0.804. The molecule has 0 amide bonds. The maximum atomic E-state index is 10.1. The summed E-state index contributed by atoms with van der Waals surface area (Å²) in [5.74, 6) is -0.782. The van der Waals surface area contributed by atoms with Crippen LogP contribution in [0.15, 0.2) is 12.3 Å². The molecule has 1 aliphatic heterocycles. The van der Waals surface area contributed by atoms with Gasteiger partial charge in [-0.05, 0) is 12.6 Å². The van der Waals surface area contributed by atoms with Crippen molar-refractivity contribution in [2.45, 2.75) is 12.5 Å². The van der Waals surface area contributed by atoms with Gasteiger partial charge in [0.05, 0.1) is 0 Å². The summed E-state index contributed by atoms with van der Waals surface area (Å²) in [4.78, 5) is 10.1. The first kappa shape index (κ1) is 5.15. The fourth-order valence-electron chi connectivity index (χ4n) is 0.628. The molecule has 0 radical (unpaired) electrons. The van der Waals surface area contributed by atoms with Gasteiger partial charge in [0, 0.05) is 0 Å². The van der Waals surface area contributed by atoms with E-state index in [0.29, 0.717) is 6.42 Å². The van der Waals surface area contributed by atoms with Crippen LogP contribution in [0.3, 0.4) is 0 Å². The minimum absolute atomic E-state index is 0.380. The second kappa shape index (κ2) is 1.86. The fraction of sp³-hybridized carbons (Fsp3) is 0.400. The molecular weight excluding hydrogens is 106 g/mol. The summed E-state index contributed by atoms with van der Waals surface area (Å²) in [6.45, 7) is 0. The number of rotatable bonds is 1. The Labute approximate surface area is 47.0 Å². The Kier molecular flexibility index (Phi) is 1.20. The number of carbonyl (C=O) groups is 1. The van der Waals surface area contributed by atoms with Gasteiger partial charge in [-0.25, -0.2) is 4.79 Å². The quantitative estimate of drug-likeness (QED) is 0.501. The van der Waals surface area contributed by atoms with E-state index >= 15 is 0 Å². The Morgan fingerprint density at radius 2 is 2.62 bits per heavy atom. The Hall–Kier alpha value is -0.990. The highest BCUT2D eigenvalue weighted by atomic mass is 16.4. The van der Waals surface area contributed by atoms with Gasteiger partial charge in [-0.1, -0.05) is 6.08 Å². The zero-order valence-corrected chi connectivity index (χ0v) is 4.29. The van der Waals surface area contributed by atoms with Gasteiger partial charge in [0.1, 0.15) is 6.04 Å². The van der Waals surface area contributed by atoms with Crippen molar-refractivity contribution >= 4 is 5.97 Å². The van der Waals surface area contributed by atoms with Crippen molar-refractivity contribution in [1.29, 1.82) is 0 Å². The normalized spacial score (nSPS) is 25.2. The SMILES string of the molecule is O=C(O)C1CC=CN1. The van der Waals surface area contributed by atoms with Crippen molar-refractivity contribution in [2.75, 3.05) is 0 Å². The standard InChI is InChI=1S/C5H7NO2/c7-5(8)4-2-1-3-6-4/h1,3-4,6H,2H2,(H,7,8). The van der Waals surface area contributed by atoms with Gasteiger partial charge in [0.2, 0.25) is 0 Å². The van der Waals surface area contributed by atoms with Crippen LogP contribution in [0.25, 0.3) is 0 Å². The van der Waals surface area contributed by atoms with Crippen molar-refractivity contribution in [3.63, 3.8) is 0 Å². The van der Waals surface area contributed by atoms with Crippen molar-refractivity contribution in [3.8, 4) is 0 Å². The van der Waals surface area contributed by atoms with Crippen LogP contribution in [0.4, 0.5) is 0 Å². The highest BCUT2D eigenvalue weighted by Crippen LogP contribution is 1.99. The molecule has 2 N–H and O–H groups in total. The van der Waals surface area contributed by atoms with Gasteiger partial charge in [-0.15, -0.1) is 0 Å². The number of carboxylic acid groups (broad SMARTS) is 1. The lowest BCUT2D eigenvalue weighted by Gasteiger charge is -2.01. The largest absolute Gasteiger partial charge is 0.480 e. The predicted molar refractivity (Wildman–Crippen MR) is 28.3 cm³/mol. The van der Waals surface area contributed by atoms with Crippen molar-refractivity contribution < 1.29 is 9.90 Å². The Morgan fingerprint density at radius 3 is 2.88 bits per heavy atom. The first-order valence-corrected chi connectivity index (χ1v) is 2.44. The molecule has 1 aliphatic rings. The average Bonchev–Trinajstić information content (AvgIpc) is 2.12. The van der Waals surface area contributed by atoms with E-state index in [1.54, 1.807) is 12.3 Å². The Morgan fingerprint density at radius 1 is 1.88 bits per heavy atom. The highest BCUT2D eigenvalue weighted by Gasteiger charge is 2.15. The maximum absolute atomic E-state index is 10.1. The van der Waals surface area contributed by atoms with Gasteiger partial charge in [0.15, 0.2) is 0 Å². The maximum Gasteiger partial charge on any atom is 0.326 e. The van der Waals surface area contributed by atoms with Gasteiger partial charge in [0.25, 0.3) is 0 Å². The predicted octanol–water partition coefficient (Wildman–Crippen LogP) is -0.0534. The Balaban J connectivity index is 2.41. The van der Waals surface area contributed by atoms with Crippen LogP contribution >= 0.6 is 0 Å². The number of carboxylic acids is 1. The first-order chi connectivity index (χ1) is 3.80. The minimum atomic E-state index is -0.782. The average molecular weight is 113 g/mol. The molecule has 0 saturated carbocycles. The van der Waals surface area contributed by atoms with E-state index in [1.807, 2.05) is 0 Å². The summed E-state index contributed by atoms with van der Waals surface area (Å²) in [5.41, 5.74) is 0. The smallest absolute Gasteiger partial charge is 0.326 e. The van der Waals surface area contributed by atoms with Crippen LogP contribution in [-0.2, 0) is 4.79 Å². The van der Waals surface area contributed by atoms with Crippen LogP contribution in [0.1, 0.15) is 6.42 Å². The van der Waals surface area contributed by atoms with Gasteiger partial charge >= 0.3 is 5.97 Å². The molecule has 1 atom stereocenters. The molecule has 1 unspecified atom stereocenters. The van der Waals surface area contributed by atoms with Gasteiger partial charge in [-0.2, -0.15) is 0 Å². The molecule has 3 nitrogen and oxygen atoms in total. The summed E-state index contributed by atoms with van der Waals surface area (Å²) in [5, 5.41) is 11.0. The molecule has 0 aliphatic carbocycles. The zero-order valence-electron chi connectivity index (χ0n) is 4.29. The molecule has 0 saturated heterocycles. The van der Waals surface area contributed by atoms with E-state index in [0.717, 1.165) is 0 Å². The molecule has 0 bridgehead atoms. The molecule has 3 heteroatoms. The second-order valence-electron chi connectivity index (χ2n) is 1.70. The number of aliphatic carboxylic acids is 1. The molecule has 1 rings (SSSR count). The van der Waals surface area contributed by atoms with E-state index < -0.39 is 5.97 Å². The molecule has 1 heterocycles. The molecule has 0 aromatic carbocycles. The summed E-state index contributed by atoms with van der Waals surface area (Å²) in [6.07, 6.45) is 4.08. The lowest BCUT2D eigenvalue weighted by Crippen LogP contribution is -2.28. The number of hydrogen-bond acceptors (Lipinski definition) is 2. The van der Waals surface area contributed by atoms with Gasteiger partial charge in [-0.3, -0.25) is 0 Å². The summed E-state index contributed by atoms with van der Waals surface area (Å²) in [6, 6.07) is -0.380. The highest BCUT2D eigenvalue weighted by molar-refractivity contribution is 5.74. The fourth-order valence-corrected chi connectivity index (χ4v) is 0.628. The molecule has 8 heavy (non-hydrogen) atoms. The van der Waals surface area contributed by atoms with Crippen molar-refractivity contribution in [2.24, 2.45) is 0 Å². The molecule has 0 fully saturated rings. The zero-order chi connectivity index (χ0) is 5.98. The van der Waals surface area contributed by atoms with Crippen molar-refractivity contribution in [1.82, 2.24) is 5.32 Å². The Bertz CT molecular complexity index is 122. The number of nitrogens with one attached hydrogen (secondary N) is 1. The first-order valence-electron chi connectivity index (χ1n) is 2.44. The summed E-state index contributed by atoms with van der Waals surface area (Å²) in [7, 11) is 0. The molecule has 0 spiro atoms. The van der Waals surface area contributed by atoms with E-state index in [1.165, 1.54) is 0 Å².